The van der Waals surface area contributed by atoms with Crippen LogP contribution in [-0.4, -0.2) is 12.6 Å². The molecule has 0 atom stereocenters. The molecule has 0 fully saturated rings. The maximum atomic E-state index is 11.7. The first-order valence-electron chi connectivity index (χ1n) is 5.34. The third-order valence-electron chi connectivity index (χ3n) is 2.50. The second kappa shape index (κ2) is 4.41. The average Bonchev–Trinajstić information content (AvgIpc) is 2.30. The van der Waals surface area contributed by atoms with Gasteiger partial charge in [0.15, 0.2) is 0 Å². The Hall–Kier alpha value is -2.10. The smallest absolute Gasteiger partial charge is 0.374 e. The molecule has 1 heterocycles. The van der Waals surface area contributed by atoms with Gasteiger partial charge in [-0.05, 0) is 36.9 Å². The van der Waals surface area contributed by atoms with Crippen molar-refractivity contribution in [2.75, 3.05) is 6.61 Å². The normalized spacial score (nSPS) is 10.5. The third kappa shape index (κ3) is 2.06. The lowest BCUT2D eigenvalue weighted by Crippen LogP contribution is -2.10. The van der Waals surface area contributed by atoms with Crippen molar-refractivity contribution in [3.05, 3.63) is 46.0 Å². The summed E-state index contributed by atoms with van der Waals surface area (Å²) in [6.07, 6.45) is 0. The van der Waals surface area contributed by atoms with Gasteiger partial charge in [-0.3, -0.25) is 0 Å². The highest BCUT2D eigenvalue weighted by atomic mass is 16.5. The summed E-state index contributed by atoms with van der Waals surface area (Å²) in [5, 5.41) is 1.19. The van der Waals surface area contributed by atoms with Crippen molar-refractivity contribution in [1.29, 1.82) is 0 Å². The number of ether oxygens (including phenoxy) is 1. The number of esters is 1. The lowest BCUT2D eigenvalue weighted by molar-refractivity contribution is 0.0485. The summed E-state index contributed by atoms with van der Waals surface area (Å²) in [6.45, 7) is 3.81. The molecule has 0 amide bonds. The fourth-order valence-corrected chi connectivity index (χ4v) is 1.67. The first-order valence-corrected chi connectivity index (χ1v) is 5.34. The van der Waals surface area contributed by atoms with E-state index in [9.17, 15) is 9.59 Å². The minimum atomic E-state index is -0.616. The minimum absolute atomic E-state index is 0.0568. The second-order valence-electron chi connectivity index (χ2n) is 3.65. The third-order valence-corrected chi connectivity index (χ3v) is 2.50. The average molecular weight is 232 g/mol. The molecule has 0 N–H and O–H groups in total. The number of aryl methyl sites for hydroxylation is 1. The summed E-state index contributed by atoms with van der Waals surface area (Å²) in [5.74, 6) is -0.673. The zero-order valence-electron chi connectivity index (χ0n) is 9.65. The van der Waals surface area contributed by atoms with Gasteiger partial charge >= 0.3 is 11.6 Å². The zero-order chi connectivity index (χ0) is 12.4. The summed E-state index contributed by atoms with van der Waals surface area (Å²) in [4.78, 5) is 23.2. The molecule has 17 heavy (non-hydrogen) atoms. The first-order chi connectivity index (χ1) is 8.13. The molecule has 0 spiro atoms. The molecule has 88 valence electrons. The second-order valence-corrected chi connectivity index (χ2v) is 3.65. The fourth-order valence-electron chi connectivity index (χ4n) is 1.67. The maximum absolute atomic E-state index is 11.7. The molecule has 2 aromatic rings. The van der Waals surface area contributed by atoms with Crippen molar-refractivity contribution in [3.8, 4) is 0 Å². The van der Waals surface area contributed by atoms with Crippen molar-refractivity contribution in [1.82, 2.24) is 0 Å². The summed E-state index contributed by atoms with van der Waals surface area (Å²) >= 11 is 0. The van der Waals surface area contributed by atoms with Gasteiger partial charge in [0.2, 0.25) is 5.76 Å². The number of benzene rings is 1. The largest absolute Gasteiger partial charge is 0.460 e. The van der Waals surface area contributed by atoms with Gasteiger partial charge in [-0.1, -0.05) is 12.1 Å². The fraction of sp³-hybridized carbons (Fsp3) is 0.231. The van der Waals surface area contributed by atoms with Crippen molar-refractivity contribution < 1.29 is 13.9 Å². The Morgan fingerprint density at radius 2 is 2.12 bits per heavy atom. The Morgan fingerprint density at radius 1 is 1.35 bits per heavy atom. The van der Waals surface area contributed by atoms with E-state index in [4.69, 9.17) is 9.15 Å². The van der Waals surface area contributed by atoms with Gasteiger partial charge in [0.25, 0.3) is 0 Å². The van der Waals surface area contributed by atoms with Crippen LogP contribution in [0.1, 0.15) is 23.0 Å². The molecule has 0 radical (unpaired) electrons. The number of fused-ring (bicyclic) bond motifs is 1. The van der Waals surface area contributed by atoms with E-state index in [1.54, 1.807) is 25.1 Å². The molecule has 1 aromatic heterocycles. The molecule has 0 saturated heterocycles. The maximum Gasteiger partial charge on any atom is 0.374 e. The van der Waals surface area contributed by atoms with Gasteiger partial charge < -0.3 is 9.15 Å². The van der Waals surface area contributed by atoms with Crippen LogP contribution >= 0.6 is 0 Å². The van der Waals surface area contributed by atoms with Crippen LogP contribution in [0.15, 0.2) is 33.5 Å². The summed E-state index contributed by atoms with van der Waals surface area (Å²) in [7, 11) is 0. The number of rotatable bonds is 2. The molecular weight excluding hydrogens is 220 g/mol. The Balaban J connectivity index is 2.66. The van der Waals surface area contributed by atoms with Crippen LogP contribution in [0.25, 0.3) is 10.8 Å². The molecule has 4 nitrogen and oxygen atoms in total. The van der Waals surface area contributed by atoms with Crippen LogP contribution in [0, 0.1) is 6.92 Å². The predicted molar refractivity (Wildman–Crippen MR) is 63.2 cm³/mol. The molecule has 1 aromatic carbocycles. The van der Waals surface area contributed by atoms with Crippen molar-refractivity contribution in [2.24, 2.45) is 0 Å². The highest BCUT2D eigenvalue weighted by molar-refractivity contribution is 5.92. The first kappa shape index (κ1) is 11.4. The monoisotopic (exact) mass is 232 g/mol. The zero-order valence-corrected chi connectivity index (χ0v) is 9.65. The Morgan fingerprint density at radius 3 is 2.82 bits per heavy atom. The predicted octanol–water partition coefficient (Wildman–Crippen LogP) is 2.28. The van der Waals surface area contributed by atoms with E-state index in [0.717, 1.165) is 5.56 Å². The summed E-state index contributed by atoms with van der Waals surface area (Å²) in [6, 6.07) is 6.86. The van der Waals surface area contributed by atoms with E-state index in [-0.39, 0.29) is 12.4 Å². The topological polar surface area (TPSA) is 56.5 Å². The van der Waals surface area contributed by atoms with Crippen LogP contribution < -0.4 is 5.63 Å². The van der Waals surface area contributed by atoms with Crippen LogP contribution in [-0.2, 0) is 4.74 Å². The van der Waals surface area contributed by atoms with E-state index in [0.29, 0.717) is 10.8 Å². The Labute approximate surface area is 97.8 Å². The lowest BCUT2D eigenvalue weighted by Gasteiger charge is -2.03. The van der Waals surface area contributed by atoms with E-state index >= 15 is 0 Å². The molecule has 0 bridgehead atoms. The number of hydrogen-bond donors (Lipinski definition) is 0. The number of hydrogen-bond acceptors (Lipinski definition) is 4. The van der Waals surface area contributed by atoms with Crippen LogP contribution in [0.2, 0.25) is 0 Å². The summed E-state index contributed by atoms with van der Waals surface area (Å²) < 4.78 is 9.73. The van der Waals surface area contributed by atoms with Gasteiger partial charge in [-0.15, -0.1) is 0 Å². The summed E-state index contributed by atoms with van der Waals surface area (Å²) in [5.41, 5.74) is 0.398. The molecule has 0 aliphatic carbocycles. The van der Waals surface area contributed by atoms with Crippen molar-refractivity contribution >= 4 is 16.7 Å². The molecule has 2 rings (SSSR count). The van der Waals surface area contributed by atoms with Gasteiger partial charge in [-0.2, -0.15) is 0 Å². The van der Waals surface area contributed by atoms with Crippen LogP contribution in [0.3, 0.4) is 0 Å². The van der Waals surface area contributed by atoms with E-state index in [2.05, 4.69) is 0 Å². The van der Waals surface area contributed by atoms with E-state index in [1.165, 1.54) is 0 Å². The highest BCUT2D eigenvalue weighted by Gasteiger charge is 2.13. The van der Waals surface area contributed by atoms with E-state index in [1.807, 2.05) is 13.0 Å². The standard InChI is InChI=1S/C13H12O4/c1-3-16-13(15)11-7-10-8(2)5-4-6-9(10)12(14)17-11/h4-7H,3H2,1-2H3. The van der Waals surface area contributed by atoms with Crippen molar-refractivity contribution in [3.63, 3.8) is 0 Å². The van der Waals surface area contributed by atoms with Gasteiger partial charge in [0, 0.05) is 0 Å². The molecule has 4 heteroatoms. The molecule has 0 aliphatic rings. The quantitative estimate of drug-likeness (QED) is 0.745. The molecule has 0 aliphatic heterocycles. The molecular formula is C13H12O4. The lowest BCUT2D eigenvalue weighted by atomic mass is 10.1. The number of carbonyl (C=O) groups is 1. The Bertz CT molecular complexity index is 625. The molecule has 0 unspecified atom stereocenters. The van der Waals surface area contributed by atoms with Gasteiger partial charge in [0.05, 0.1) is 12.0 Å². The Kier molecular flexibility index (Phi) is 2.95. The SMILES string of the molecule is CCOC(=O)c1cc2c(C)cccc2c(=O)o1. The van der Waals surface area contributed by atoms with Crippen LogP contribution in [0.5, 0.6) is 0 Å². The van der Waals surface area contributed by atoms with Gasteiger partial charge in [0.1, 0.15) is 0 Å². The minimum Gasteiger partial charge on any atom is -0.460 e. The van der Waals surface area contributed by atoms with E-state index < -0.39 is 11.6 Å². The van der Waals surface area contributed by atoms with Crippen LogP contribution in [0.4, 0.5) is 0 Å². The van der Waals surface area contributed by atoms with Gasteiger partial charge in [-0.25, -0.2) is 9.59 Å². The highest BCUT2D eigenvalue weighted by Crippen LogP contribution is 2.16. The van der Waals surface area contributed by atoms with Crippen molar-refractivity contribution in [2.45, 2.75) is 13.8 Å². The molecule has 0 saturated carbocycles. The number of carbonyl (C=O) groups excluding carboxylic acids is 1.